The van der Waals surface area contributed by atoms with E-state index in [1.54, 1.807) is 24.3 Å². The third-order valence-corrected chi connectivity index (χ3v) is 8.38. The number of furan rings is 1. The van der Waals surface area contributed by atoms with Crippen LogP contribution in [0.1, 0.15) is 13.7 Å². The van der Waals surface area contributed by atoms with Crippen LogP contribution >= 0.6 is 0 Å². The second kappa shape index (κ2) is 10.4. The molecule has 0 fully saturated rings. The summed E-state index contributed by atoms with van der Waals surface area (Å²) in [5.74, 6) is 0. The van der Waals surface area contributed by atoms with Crippen molar-refractivity contribution in [1.29, 1.82) is 0 Å². The molecular weight excluding hydrogens is 544 g/mol. The Balaban J connectivity index is 1.53. The largest absolute Gasteiger partial charge is 0.456 e. The minimum absolute atomic E-state index is 0.0207. The van der Waals surface area contributed by atoms with Gasteiger partial charge in [0.05, 0.1) is 13.7 Å². The van der Waals surface area contributed by atoms with Gasteiger partial charge in [-0.15, -0.1) is 0 Å². The molecule has 1 heteroatoms. The second-order valence-electron chi connectivity index (χ2n) is 10.8. The first kappa shape index (κ1) is 17.4. The van der Waals surface area contributed by atoms with E-state index in [2.05, 4.69) is 0 Å². The van der Waals surface area contributed by atoms with Gasteiger partial charge in [-0.3, -0.25) is 0 Å². The molecule has 8 aromatic carbocycles. The molecule has 0 aliphatic rings. The van der Waals surface area contributed by atoms with E-state index in [1.807, 2.05) is 84.9 Å². The quantitative estimate of drug-likeness (QED) is 0.188. The van der Waals surface area contributed by atoms with Crippen LogP contribution in [-0.2, 0) is 0 Å². The maximum atomic E-state index is 9.54. The summed E-state index contributed by atoms with van der Waals surface area (Å²) in [4.78, 5) is 0. The number of benzene rings is 8. The van der Waals surface area contributed by atoms with Gasteiger partial charge in [0, 0.05) is 10.8 Å². The summed E-state index contributed by atoms with van der Waals surface area (Å²) in [5, 5.41) is 3.04. The van der Waals surface area contributed by atoms with Crippen LogP contribution < -0.4 is 0 Å². The Labute approximate surface area is 275 Å². The van der Waals surface area contributed by atoms with Gasteiger partial charge in [-0.05, 0) is 78.1 Å². The lowest BCUT2D eigenvalue weighted by Gasteiger charge is -2.20. The first-order chi connectivity index (χ1) is 26.5. The van der Waals surface area contributed by atoms with Gasteiger partial charge in [0.1, 0.15) is 11.2 Å². The van der Waals surface area contributed by atoms with Crippen LogP contribution in [0.4, 0.5) is 0 Å². The Kier molecular flexibility index (Phi) is 4.01. The zero-order valence-corrected chi connectivity index (χ0v) is 23.8. The summed E-state index contributed by atoms with van der Waals surface area (Å²) in [6.45, 7) is 0. The Hall–Kier alpha value is -5.92. The minimum atomic E-state index is -0.396. The van der Waals surface area contributed by atoms with E-state index in [0.29, 0.717) is 65.9 Å². The van der Waals surface area contributed by atoms with Gasteiger partial charge in [-0.2, -0.15) is 0 Å². The molecular formula is C44H28O. The Morgan fingerprint density at radius 2 is 0.756 bits per heavy atom. The summed E-state index contributed by atoms with van der Waals surface area (Å²) >= 11 is 0. The van der Waals surface area contributed by atoms with E-state index < -0.39 is 6.04 Å². The average molecular weight is 583 g/mol. The van der Waals surface area contributed by atoms with E-state index in [-0.39, 0.29) is 76.5 Å². The molecule has 0 aliphatic carbocycles. The molecule has 1 aromatic heterocycles. The number of fused-ring (bicyclic) bond motifs is 5. The lowest BCUT2D eigenvalue weighted by molar-refractivity contribution is 0.669. The van der Waals surface area contributed by atoms with E-state index in [0.717, 1.165) is 0 Å². The molecule has 0 saturated heterocycles. The molecule has 45 heavy (non-hydrogen) atoms. The molecule has 0 aliphatic heterocycles. The van der Waals surface area contributed by atoms with E-state index in [4.69, 9.17) is 15.4 Å². The third kappa shape index (κ3) is 4.02. The molecule has 210 valence electrons. The summed E-state index contributed by atoms with van der Waals surface area (Å²) in [6.07, 6.45) is 0. The van der Waals surface area contributed by atoms with E-state index in [9.17, 15) is 2.74 Å². The maximum absolute atomic E-state index is 9.54. The van der Waals surface area contributed by atoms with Crippen LogP contribution in [0.2, 0.25) is 0 Å². The zero-order valence-electron chi connectivity index (χ0n) is 33.8. The molecule has 0 bridgehead atoms. The first-order valence-electron chi connectivity index (χ1n) is 19.6. The fourth-order valence-electron chi connectivity index (χ4n) is 6.51. The summed E-state index contributed by atoms with van der Waals surface area (Å²) in [5.41, 5.74) is 3.45. The van der Waals surface area contributed by atoms with Crippen LogP contribution in [0.15, 0.2) is 174 Å². The predicted octanol–water partition coefficient (Wildman–Crippen LogP) is 12.6. The summed E-state index contributed by atoms with van der Waals surface area (Å²) in [6, 6.07) is 30.0. The van der Waals surface area contributed by atoms with E-state index >= 15 is 0 Å². The number of rotatable bonds is 4. The number of hydrogen-bond acceptors (Lipinski definition) is 1. The smallest absolute Gasteiger partial charge is 0.136 e. The van der Waals surface area contributed by atoms with Gasteiger partial charge < -0.3 is 4.42 Å². The van der Waals surface area contributed by atoms with Crippen molar-refractivity contribution in [3.8, 4) is 44.5 Å². The van der Waals surface area contributed by atoms with Gasteiger partial charge in [0.15, 0.2) is 0 Å². The molecule has 0 saturated carbocycles. The highest BCUT2D eigenvalue weighted by molar-refractivity contribution is 6.27. The third-order valence-electron chi connectivity index (χ3n) is 8.38. The van der Waals surface area contributed by atoms with Crippen molar-refractivity contribution >= 4 is 43.5 Å². The van der Waals surface area contributed by atoms with Gasteiger partial charge in [-0.1, -0.05) is 158 Å². The fourth-order valence-corrected chi connectivity index (χ4v) is 6.51. The van der Waals surface area contributed by atoms with Gasteiger partial charge in [-0.25, -0.2) is 0 Å². The van der Waals surface area contributed by atoms with Crippen molar-refractivity contribution in [2.45, 2.75) is 0 Å². The molecule has 0 spiro atoms. The van der Waals surface area contributed by atoms with Crippen LogP contribution in [0.3, 0.4) is 0 Å². The van der Waals surface area contributed by atoms with Gasteiger partial charge in [0.2, 0.25) is 0 Å². The van der Waals surface area contributed by atoms with Crippen LogP contribution in [0.5, 0.6) is 0 Å². The molecule has 9 rings (SSSR count). The molecule has 0 atom stereocenters. The average Bonchev–Trinajstić information content (AvgIpc) is 3.60. The molecule has 9 aromatic rings. The van der Waals surface area contributed by atoms with Crippen LogP contribution in [-0.4, -0.2) is 0 Å². The highest BCUT2D eigenvalue weighted by atomic mass is 16.3. The fraction of sp³-hybridized carbons (Fsp3) is 0. The molecule has 1 heterocycles. The van der Waals surface area contributed by atoms with Crippen LogP contribution in [0, 0.1) is 0 Å². The Morgan fingerprint density at radius 1 is 0.356 bits per heavy atom. The summed E-state index contributed by atoms with van der Waals surface area (Å²) in [7, 11) is 0. The first-order valence-corrected chi connectivity index (χ1v) is 14.6. The van der Waals surface area contributed by atoms with Gasteiger partial charge in [0.25, 0.3) is 0 Å². The Bertz CT molecular complexity index is 3030. The van der Waals surface area contributed by atoms with Gasteiger partial charge >= 0.3 is 0 Å². The lowest BCUT2D eigenvalue weighted by atomic mass is 9.83. The molecule has 0 amide bonds. The molecule has 0 unspecified atom stereocenters. The second-order valence-corrected chi connectivity index (χ2v) is 10.8. The van der Waals surface area contributed by atoms with Crippen molar-refractivity contribution in [1.82, 2.24) is 0 Å². The summed E-state index contributed by atoms with van der Waals surface area (Å²) < 4.78 is 96.4. The lowest BCUT2D eigenvalue weighted by Crippen LogP contribution is -1.93. The SMILES string of the molecule is [2H]c1c([2H])c([2H])c(-c2c3ccccc3c(-c3c([2H])c([2H])c([2H])c4oc5c([2H])c([2H])c([2H])c(-c6ccccc6)c5c34)c3ccccc23)c(-c2ccccc2)c1[2H]. The zero-order chi connectivity index (χ0) is 38.4. The van der Waals surface area contributed by atoms with Crippen molar-refractivity contribution in [3.63, 3.8) is 0 Å². The van der Waals surface area contributed by atoms with Crippen LogP contribution in [0.25, 0.3) is 88.0 Å². The maximum Gasteiger partial charge on any atom is 0.136 e. The van der Waals surface area contributed by atoms with Crippen molar-refractivity contribution < 1.29 is 18.1 Å². The van der Waals surface area contributed by atoms with Crippen molar-refractivity contribution in [3.05, 3.63) is 170 Å². The topological polar surface area (TPSA) is 13.1 Å². The highest BCUT2D eigenvalue weighted by Gasteiger charge is 2.22. The normalized spacial score (nSPS) is 14.7. The molecule has 0 N–H and O–H groups in total. The minimum Gasteiger partial charge on any atom is -0.456 e. The number of hydrogen-bond donors (Lipinski definition) is 0. The van der Waals surface area contributed by atoms with Crippen molar-refractivity contribution in [2.24, 2.45) is 0 Å². The molecule has 0 radical (unpaired) electrons. The molecule has 1 nitrogen and oxygen atoms in total. The predicted molar refractivity (Wildman–Crippen MR) is 190 cm³/mol. The Morgan fingerprint density at radius 3 is 1.31 bits per heavy atom. The standard InChI is InChI=1S/C44H28O/c1-3-15-29(16-4-1)31-19-7-8-20-33(31)41-34-21-9-11-23-36(34)42(37-24-12-10-22-35(37)41)38-26-14-28-40-44(38)43-32(25-13-27-39(43)45-40)30-17-5-2-6-18-30/h1-28H/i7D,8D,13D,14D,19D,20D,25D,26D,27D,28D. The van der Waals surface area contributed by atoms with Crippen molar-refractivity contribution in [2.75, 3.05) is 0 Å². The van der Waals surface area contributed by atoms with E-state index in [1.165, 1.54) is 0 Å². The highest BCUT2D eigenvalue weighted by Crippen LogP contribution is 2.49. The monoisotopic (exact) mass is 582 g/mol.